The fourth-order valence-electron chi connectivity index (χ4n) is 2.67. The van der Waals surface area contributed by atoms with Crippen molar-refractivity contribution >= 4 is 11.9 Å². The molecule has 22 heavy (non-hydrogen) atoms. The number of carboxylic acid groups (broad SMARTS) is 1. The van der Waals surface area contributed by atoms with E-state index in [9.17, 15) is 9.59 Å². The summed E-state index contributed by atoms with van der Waals surface area (Å²) in [6.07, 6.45) is 1.37. The summed E-state index contributed by atoms with van der Waals surface area (Å²) < 4.78 is 5.67. The van der Waals surface area contributed by atoms with Crippen molar-refractivity contribution in [1.82, 2.24) is 5.32 Å². The highest BCUT2D eigenvalue weighted by atomic mass is 16.5. The lowest BCUT2D eigenvalue weighted by molar-refractivity contribution is -0.136. The molecular formula is C17H23NO4. The summed E-state index contributed by atoms with van der Waals surface area (Å²) in [5, 5.41) is 11.7. The molecule has 2 N–H and O–H groups in total. The number of hydrogen-bond donors (Lipinski definition) is 2. The van der Waals surface area contributed by atoms with Crippen molar-refractivity contribution in [3.63, 3.8) is 0 Å². The van der Waals surface area contributed by atoms with Crippen LogP contribution < -0.4 is 5.32 Å². The van der Waals surface area contributed by atoms with Gasteiger partial charge in [0.05, 0.1) is 6.10 Å². The average molecular weight is 305 g/mol. The first-order valence-electron chi connectivity index (χ1n) is 7.59. The van der Waals surface area contributed by atoms with Gasteiger partial charge < -0.3 is 15.2 Å². The fourth-order valence-corrected chi connectivity index (χ4v) is 2.67. The monoisotopic (exact) mass is 305 g/mol. The van der Waals surface area contributed by atoms with E-state index < -0.39 is 5.97 Å². The summed E-state index contributed by atoms with van der Waals surface area (Å²) in [7, 11) is 0. The predicted octanol–water partition coefficient (Wildman–Crippen LogP) is 2.25. The second-order valence-electron chi connectivity index (χ2n) is 6.36. The van der Waals surface area contributed by atoms with Gasteiger partial charge in [0.15, 0.2) is 0 Å². The zero-order chi connectivity index (χ0) is 16.2. The first kappa shape index (κ1) is 16.5. The first-order chi connectivity index (χ1) is 10.4. The molecule has 1 unspecified atom stereocenters. The minimum absolute atomic E-state index is 0.0163. The number of aryl methyl sites for hydroxylation is 1. The molecule has 1 fully saturated rings. The summed E-state index contributed by atoms with van der Waals surface area (Å²) in [5.41, 5.74) is 1.37. The number of aliphatic carboxylic acids is 1. The van der Waals surface area contributed by atoms with E-state index in [2.05, 4.69) is 19.2 Å². The van der Waals surface area contributed by atoms with Gasteiger partial charge in [-0.05, 0) is 29.9 Å². The van der Waals surface area contributed by atoms with Gasteiger partial charge in [-0.2, -0.15) is 0 Å². The third kappa shape index (κ3) is 4.07. The topological polar surface area (TPSA) is 75.6 Å². The van der Waals surface area contributed by atoms with Crippen molar-refractivity contribution in [1.29, 1.82) is 0 Å². The molecule has 1 aliphatic rings. The van der Waals surface area contributed by atoms with Crippen LogP contribution in [-0.4, -0.2) is 36.2 Å². The molecule has 1 heterocycles. The first-order valence-corrected chi connectivity index (χ1v) is 7.59. The van der Waals surface area contributed by atoms with Crippen LogP contribution in [0.5, 0.6) is 0 Å². The molecule has 5 heteroatoms. The SMILES string of the molecule is CC1(C)CCOC1CNC(=O)c1ccccc1CCC(=O)O. The molecule has 5 nitrogen and oxygen atoms in total. The van der Waals surface area contributed by atoms with Crippen LogP contribution in [-0.2, 0) is 16.0 Å². The highest BCUT2D eigenvalue weighted by Crippen LogP contribution is 2.33. The lowest BCUT2D eigenvalue weighted by Gasteiger charge is -2.25. The van der Waals surface area contributed by atoms with Crippen LogP contribution in [0.15, 0.2) is 24.3 Å². The minimum Gasteiger partial charge on any atom is -0.481 e. The number of ether oxygens (including phenoxy) is 1. The number of carbonyl (C=O) groups is 2. The third-order valence-corrected chi connectivity index (χ3v) is 4.26. The second-order valence-corrected chi connectivity index (χ2v) is 6.36. The summed E-state index contributed by atoms with van der Waals surface area (Å²) in [4.78, 5) is 23.1. The van der Waals surface area contributed by atoms with E-state index >= 15 is 0 Å². The van der Waals surface area contributed by atoms with Crippen LogP contribution in [0.3, 0.4) is 0 Å². The van der Waals surface area contributed by atoms with Gasteiger partial charge in [-0.1, -0.05) is 32.0 Å². The Morgan fingerprint density at radius 3 is 2.73 bits per heavy atom. The van der Waals surface area contributed by atoms with Gasteiger partial charge in [-0.15, -0.1) is 0 Å². The van der Waals surface area contributed by atoms with Crippen molar-refractivity contribution in [3.05, 3.63) is 35.4 Å². The van der Waals surface area contributed by atoms with Gasteiger partial charge >= 0.3 is 5.97 Å². The number of nitrogens with one attached hydrogen (secondary N) is 1. The van der Waals surface area contributed by atoms with E-state index in [0.717, 1.165) is 18.6 Å². The zero-order valence-electron chi connectivity index (χ0n) is 13.1. The molecule has 0 bridgehead atoms. The zero-order valence-corrected chi connectivity index (χ0v) is 13.1. The number of carbonyl (C=O) groups excluding carboxylic acids is 1. The standard InChI is InChI=1S/C17H23NO4/c1-17(2)9-10-22-14(17)11-18-16(21)13-6-4-3-5-12(13)7-8-15(19)20/h3-6,14H,7-11H2,1-2H3,(H,18,21)(H,19,20). The molecule has 1 aromatic carbocycles. The molecule has 1 amide bonds. The summed E-state index contributed by atoms with van der Waals surface area (Å²) in [6, 6.07) is 7.13. The molecule has 1 aliphatic heterocycles. The summed E-state index contributed by atoms with van der Waals surface area (Å²) in [6.45, 7) is 5.47. The number of hydrogen-bond acceptors (Lipinski definition) is 3. The van der Waals surface area contributed by atoms with E-state index in [0.29, 0.717) is 18.5 Å². The van der Waals surface area contributed by atoms with Gasteiger partial charge in [0.2, 0.25) is 0 Å². The fraction of sp³-hybridized carbons (Fsp3) is 0.529. The van der Waals surface area contributed by atoms with E-state index in [1.807, 2.05) is 6.07 Å². The van der Waals surface area contributed by atoms with E-state index in [1.54, 1.807) is 18.2 Å². The van der Waals surface area contributed by atoms with Crippen molar-refractivity contribution in [2.45, 2.75) is 39.2 Å². The van der Waals surface area contributed by atoms with E-state index in [-0.39, 0.29) is 23.8 Å². The van der Waals surface area contributed by atoms with E-state index in [4.69, 9.17) is 9.84 Å². The lowest BCUT2D eigenvalue weighted by Crippen LogP contribution is -2.38. The predicted molar refractivity (Wildman–Crippen MR) is 82.9 cm³/mol. The Hall–Kier alpha value is -1.88. The highest BCUT2D eigenvalue weighted by molar-refractivity contribution is 5.95. The maximum Gasteiger partial charge on any atom is 0.303 e. The molecule has 1 atom stereocenters. The van der Waals surface area contributed by atoms with Gasteiger partial charge in [0.1, 0.15) is 0 Å². The average Bonchev–Trinajstić information content (AvgIpc) is 2.81. The third-order valence-electron chi connectivity index (χ3n) is 4.26. The molecule has 0 aliphatic carbocycles. The molecule has 1 aromatic rings. The lowest BCUT2D eigenvalue weighted by atomic mass is 9.85. The Morgan fingerprint density at radius 2 is 2.09 bits per heavy atom. The number of benzene rings is 1. The van der Waals surface area contributed by atoms with Gasteiger partial charge in [-0.3, -0.25) is 9.59 Å². The Labute approximate surface area is 130 Å². The van der Waals surface area contributed by atoms with Crippen LogP contribution in [0, 0.1) is 5.41 Å². The van der Waals surface area contributed by atoms with Gasteiger partial charge in [-0.25, -0.2) is 0 Å². The van der Waals surface area contributed by atoms with Crippen molar-refractivity contribution in [3.8, 4) is 0 Å². The van der Waals surface area contributed by atoms with Crippen LogP contribution in [0.2, 0.25) is 0 Å². The van der Waals surface area contributed by atoms with Crippen LogP contribution >= 0.6 is 0 Å². The number of amides is 1. The molecule has 0 aromatic heterocycles. The Morgan fingerprint density at radius 1 is 1.36 bits per heavy atom. The molecule has 0 spiro atoms. The van der Waals surface area contributed by atoms with Gasteiger partial charge in [0, 0.05) is 25.1 Å². The molecule has 0 saturated carbocycles. The second kappa shape index (κ2) is 6.92. The summed E-state index contributed by atoms with van der Waals surface area (Å²) in [5.74, 6) is -1.04. The molecule has 0 radical (unpaired) electrons. The van der Waals surface area contributed by atoms with Crippen LogP contribution in [0.1, 0.15) is 42.6 Å². The summed E-state index contributed by atoms with van der Waals surface area (Å²) >= 11 is 0. The largest absolute Gasteiger partial charge is 0.481 e. The maximum absolute atomic E-state index is 12.4. The maximum atomic E-state index is 12.4. The smallest absolute Gasteiger partial charge is 0.303 e. The Bertz CT molecular complexity index is 553. The number of rotatable bonds is 6. The highest BCUT2D eigenvalue weighted by Gasteiger charge is 2.35. The van der Waals surface area contributed by atoms with Gasteiger partial charge in [0.25, 0.3) is 5.91 Å². The molecular weight excluding hydrogens is 282 g/mol. The van der Waals surface area contributed by atoms with Crippen molar-refractivity contribution in [2.24, 2.45) is 5.41 Å². The van der Waals surface area contributed by atoms with E-state index in [1.165, 1.54) is 0 Å². The molecule has 1 saturated heterocycles. The Kier molecular flexibility index (Phi) is 5.19. The van der Waals surface area contributed by atoms with Crippen LogP contribution in [0.4, 0.5) is 0 Å². The normalized spacial score (nSPS) is 19.8. The van der Waals surface area contributed by atoms with Crippen LogP contribution in [0.25, 0.3) is 0 Å². The molecule has 2 rings (SSSR count). The Balaban J connectivity index is 1.99. The minimum atomic E-state index is -0.865. The quantitative estimate of drug-likeness (QED) is 0.845. The van der Waals surface area contributed by atoms with Crippen molar-refractivity contribution < 1.29 is 19.4 Å². The number of carboxylic acids is 1. The van der Waals surface area contributed by atoms with Crippen molar-refractivity contribution in [2.75, 3.05) is 13.2 Å². The molecule has 120 valence electrons.